The number of rotatable bonds is 5. The number of benzene rings is 1. The van der Waals surface area contributed by atoms with Gasteiger partial charge in [-0.1, -0.05) is 19.1 Å². The quantitative estimate of drug-likeness (QED) is 0.832. The number of aryl methyl sites for hydroxylation is 2. The van der Waals surface area contributed by atoms with Gasteiger partial charge in [0, 0.05) is 24.9 Å². The van der Waals surface area contributed by atoms with Gasteiger partial charge in [0.05, 0.1) is 11.1 Å². The van der Waals surface area contributed by atoms with E-state index in [9.17, 15) is 10.1 Å². The van der Waals surface area contributed by atoms with E-state index >= 15 is 0 Å². The molecule has 2 rings (SSSR count). The second kappa shape index (κ2) is 6.90. The van der Waals surface area contributed by atoms with Crippen molar-refractivity contribution in [2.75, 3.05) is 18.4 Å². The molecule has 1 aromatic heterocycles. The Morgan fingerprint density at radius 1 is 1.32 bits per heavy atom. The van der Waals surface area contributed by atoms with E-state index in [0.29, 0.717) is 30.9 Å². The Kier molecular flexibility index (Phi) is 4.95. The molecular weight excluding hydrogens is 276 g/mol. The standard InChI is InChI=1S/C17H20N4O/c1-4-15(22)19-7-8-20-17-14(10-18)9-13-6-5-11(2)12(3)16(13)21-17/h5-6,9H,4,7-8H2,1-3H3,(H,19,22)(H,20,21). The number of carbonyl (C=O) groups is 1. The maximum Gasteiger partial charge on any atom is 0.219 e. The van der Waals surface area contributed by atoms with E-state index in [2.05, 4.69) is 21.7 Å². The van der Waals surface area contributed by atoms with Crippen LogP contribution in [0.5, 0.6) is 0 Å². The zero-order valence-electron chi connectivity index (χ0n) is 13.2. The molecule has 2 N–H and O–H groups in total. The lowest BCUT2D eigenvalue weighted by Crippen LogP contribution is -2.28. The molecule has 0 bridgehead atoms. The summed E-state index contributed by atoms with van der Waals surface area (Å²) in [4.78, 5) is 15.8. The van der Waals surface area contributed by atoms with Crippen LogP contribution in [0.15, 0.2) is 18.2 Å². The van der Waals surface area contributed by atoms with Crippen LogP contribution in [-0.2, 0) is 4.79 Å². The van der Waals surface area contributed by atoms with Gasteiger partial charge >= 0.3 is 0 Å². The number of nitriles is 1. The third-order valence-electron chi connectivity index (χ3n) is 3.69. The number of anilines is 1. The molecule has 5 nitrogen and oxygen atoms in total. The number of carbonyl (C=O) groups excluding carboxylic acids is 1. The van der Waals surface area contributed by atoms with Gasteiger partial charge in [-0.3, -0.25) is 4.79 Å². The average Bonchev–Trinajstić information content (AvgIpc) is 2.54. The molecule has 1 amide bonds. The lowest BCUT2D eigenvalue weighted by Gasteiger charge is -2.11. The number of nitrogens with zero attached hydrogens (tertiary/aromatic N) is 2. The summed E-state index contributed by atoms with van der Waals surface area (Å²) in [5.74, 6) is 0.578. The minimum Gasteiger partial charge on any atom is -0.367 e. The molecule has 0 saturated carbocycles. The lowest BCUT2D eigenvalue weighted by molar-refractivity contribution is -0.120. The van der Waals surface area contributed by atoms with Crippen LogP contribution >= 0.6 is 0 Å². The minimum absolute atomic E-state index is 0.0141. The maximum atomic E-state index is 11.2. The zero-order valence-corrected chi connectivity index (χ0v) is 13.2. The Bertz CT molecular complexity index is 746. The molecule has 114 valence electrons. The number of amides is 1. The largest absolute Gasteiger partial charge is 0.367 e. The van der Waals surface area contributed by atoms with E-state index in [4.69, 9.17) is 0 Å². The molecule has 2 aromatic rings. The van der Waals surface area contributed by atoms with Crippen molar-refractivity contribution >= 4 is 22.6 Å². The topological polar surface area (TPSA) is 77.8 Å². The van der Waals surface area contributed by atoms with Crippen molar-refractivity contribution in [1.82, 2.24) is 10.3 Å². The predicted octanol–water partition coefficient (Wildman–Crippen LogP) is 2.66. The van der Waals surface area contributed by atoms with Gasteiger partial charge in [-0.15, -0.1) is 0 Å². The first-order valence-electron chi connectivity index (χ1n) is 7.38. The van der Waals surface area contributed by atoms with Gasteiger partial charge in [0.15, 0.2) is 0 Å². The van der Waals surface area contributed by atoms with E-state index in [1.807, 2.05) is 39.0 Å². The Morgan fingerprint density at radius 2 is 2.09 bits per heavy atom. The fourth-order valence-electron chi connectivity index (χ4n) is 2.21. The first-order valence-corrected chi connectivity index (χ1v) is 7.38. The second-order valence-corrected chi connectivity index (χ2v) is 5.21. The maximum absolute atomic E-state index is 11.2. The molecule has 0 fully saturated rings. The molecule has 22 heavy (non-hydrogen) atoms. The fraction of sp³-hybridized carbons (Fsp3) is 0.353. The van der Waals surface area contributed by atoms with Gasteiger partial charge in [0.2, 0.25) is 5.91 Å². The molecule has 0 radical (unpaired) electrons. The highest BCUT2D eigenvalue weighted by Crippen LogP contribution is 2.24. The van der Waals surface area contributed by atoms with Gasteiger partial charge in [0.25, 0.3) is 0 Å². The number of aromatic nitrogens is 1. The SMILES string of the molecule is CCC(=O)NCCNc1nc2c(C)c(C)ccc2cc1C#N. The number of fused-ring (bicyclic) bond motifs is 1. The molecule has 0 spiro atoms. The highest BCUT2D eigenvalue weighted by Gasteiger charge is 2.09. The molecular formula is C17H20N4O. The van der Waals surface area contributed by atoms with Gasteiger partial charge in [0.1, 0.15) is 11.9 Å². The van der Waals surface area contributed by atoms with Gasteiger partial charge in [-0.05, 0) is 31.0 Å². The average molecular weight is 296 g/mol. The van der Waals surface area contributed by atoms with E-state index in [1.54, 1.807) is 0 Å². The van der Waals surface area contributed by atoms with Crippen molar-refractivity contribution in [3.8, 4) is 6.07 Å². The molecule has 0 saturated heterocycles. The highest BCUT2D eigenvalue weighted by atomic mass is 16.1. The molecule has 0 atom stereocenters. The van der Waals surface area contributed by atoms with Crippen LogP contribution in [0.3, 0.4) is 0 Å². The summed E-state index contributed by atoms with van der Waals surface area (Å²) in [6, 6.07) is 8.04. The third kappa shape index (κ3) is 3.34. The van der Waals surface area contributed by atoms with Crippen molar-refractivity contribution < 1.29 is 4.79 Å². The van der Waals surface area contributed by atoms with E-state index in [-0.39, 0.29) is 5.91 Å². The minimum atomic E-state index is 0.0141. The Balaban J connectivity index is 2.23. The second-order valence-electron chi connectivity index (χ2n) is 5.21. The summed E-state index contributed by atoms with van der Waals surface area (Å²) in [7, 11) is 0. The molecule has 0 unspecified atom stereocenters. The Hall–Kier alpha value is -2.61. The summed E-state index contributed by atoms with van der Waals surface area (Å²) in [6.45, 7) is 6.92. The lowest BCUT2D eigenvalue weighted by atomic mass is 10.0. The smallest absolute Gasteiger partial charge is 0.219 e. The zero-order chi connectivity index (χ0) is 16.1. The Morgan fingerprint density at radius 3 is 2.77 bits per heavy atom. The fourth-order valence-corrected chi connectivity index (χ4v) is 2.21. The van der Waals surface area contributed by atoms with Crippen LogP contribution < -0.4 is 10.6 Å². The van der Waals surface area contributed by atoms with Crippen LogP contribution in [0.4, 0.5) is 5.82 Å². The predicted molar refractivity (Wildman–Crippen MR) is 87.7 cm³/mol. The molecule has 1 aromatic carbocycles. The molecule has 0 aliphatic rings. The van der Waals surface area contributed by atoms with Crippen molar-refractivity contribution in [3.05, 3.63) is 34.9 Å². The number of hydrogen-bond acceptors (Lipinski definition) is 4. The summed E-state index contributed by atoms with van der Waals surface area (Å²) in [5, 5.41) is 16.2. The van der Waals surface area contributed by atoms with Crippen molar-refractivity contribution in [1.29, 1.82) is 5.26 Å². The van der Waals surface area contributed by atoms with Crippen molar-refractivity contribution in [2.24, 2.45) is 0 Å². The Labute approximate surface area is 130 Å². The third-order valence-corrected chi connectivity index (χ3v) is 3.69. The van der Waals surface area contributed by atoms with Crippen LogP contribution in [0, 0.1) is 25.2 Å². The van der Waals surface area contributed by atoms with Crippen LogP contribution in [0.25, 0.3) is 10.9 Å². The van der Waals surface area contributed by atoms with Crippen LogP contribution in [0.2, 0.25) is 0 Å². The highest BCUT2D eigenvalue weighted by molar-refractivity contribution is 5.86. The molecule has 0 aliphatic carbocycles. The van der Waals surface area contributed by atoms with E-state index in [0.717, 1.165) is 16.5 Å². The van der Waals surface area contributed by atoms with Crippen molar-refractivity contribution in [2.45, 2.75) is 27.2 Å². The normalized spacial score (nSPS) is 10.3. The summed E-state index contributed by atoms with van der Waals surface area (Å²) >= 11 is 0. The summed E-state index contributed by atoms with van der Waals surface area (Å²) in [6.07, 6.45) is 0.468. The summed E-state index contributed by atoms with van der Waals surface area (Å²) < 4.78 is 0. The molecule has 0 aliphatic heterocycles. The monoisotopic (exact) mass is 296 g/mol. The first-order chi connectivity index (χ1) is 10.6. The van der Waals surface area contributed by atoms with Gasteiger partial charge in [-0.2, -0.15) is 5.26 Å². The number of nitrogens with one attached hydrogen (secondary N) is 2. The van der Waals surface area contributed by atoms with E-state index in [1.165, 1.54) is 5.56 Å². The number of pyridine rings is 1. The van der Waals surface area contributed by atoms with Crippen LogP contribution in [0.1, 0.15) is 30.0 Å². The molecule has 5 heteroatoms. The first kappa shape index (κ1) is 15.8. The number of hydrogen-bond donors (Lipinski definition) is 2. The molecule has 1 heterocycles. The van der Waals surface area contributed by atoms with Crippen molar-refractivity contribution in [3.63, 3.8) is 0 Å². The van der Waals surface area contributed by atoms with Gasteiger partial charge in [-0.25, -0.2) is 4.98 Å². The van der Waals surface area contributed by atoms with E-state index < -0.39 is 0 Å². The summed E-state index contributed by atoms with van der Waals surface area (Å²) in [5.41, 5.74) is 3.70. The van der Waals surface area contributed by atoms with Gasteiger partial charge < -0.3 is 10.6 Å². The van der Waals surface area contributed by atoms with Crippen LogP contribution in [-0.4, -0.2) is 24.0 Å².